The molecule has 3 rings (SSSR count). The van der Waals surface area contributed by atoms with Gasteiger partial charge in [-0.25, -0.2) is 4.39 Å². The van der Waals surface area contributed by atoms with E-state index in [1.54, 1.807) is 7.11 Å². The zero-order valence-corrected chi connectivity index (χ0v) is 14.8. The third-order valence-corrected chi connectivity index (χ3v) is 4.22. The molecule has 2 aromatic carbocycles. The van der Waals surface area contributed by atoms with Crippen LogP contribution in [0.1, 0.15) is 11.6 Å². The first-order valence-electron chi connectivity index (χ1n) is 7.41. The van der Waals surface area contributed by atoms with Crippen LogP contribution in [0.5, 0.6) is 5.75 Å². The van der Waals surface area contributed by atoms with Crippen molar-refractivity contribution in [1.29, 1.82) is 0 Å². The Morgan fingerprint density at radius 1 is 1.13 bits per heavy atom. The van der Waals surface area contributed by atoms with Crippen molar-refractivity contribution in [3.63, 3.8) is 0 Å². The number of piperazine rings is 1. The third-order valence-electron chi connectivity index (χ3n) is 4.22. The highest BCUT2D eigenvalue weighted by atomic mass is 35.5. The first-order chi connectivity index (χ1) is 10.3. The number of hydrogen-bond donors (Lipinski definition) is 1. The Morgan fingerprint density at radius 3 is 2.48 bits per heavy atom. The molecule has 0 spiro atoms. The van der Waals surface area contributed by atoms with Crippen LogP contribution in [0.25, 0.3) is 10.8 Å². The highest BCUT2D eigenvalue weighted by Gasteiger charge is 2.26. The van der Waals surface area contributed by atoms with E-state index in [-0.39, 0.29) is 30.9 Å². The summed E-state index contributed by atoms with van der Waals surface area (Å²) in [5, 5.41) is 5.52. The van der Waals surface area contributed by atoms with Gasteiger partial charge in [0.15, 0.2) is 0 Å². The van der Waals surface area contributed by atoms with Crippen LogP contribution in [0.15, 0.2) is 36.4 Å². The van der Waals surface area contributed by atoms with E-state index in [9.17, 15) is 4.39 Å². The standard InChI is InChI=1S/C17H21FN2O.2ClH/c1-21-16-7-6-13-4-2-3-5-14(13)17(16)15(12-18)20-10-8-19-9-11-20;;/h2-7,15,19H,8-12H2,1H3;2*1H/t15-;;/m0../s1. The molecule has 1 N–H and O–H groups in total. The van der Waals surface area contributed by atoms with Crippen molar-refractivity contribution in [3.05, 3.63) is 42.0 Å². The van der Waals surface area contributed by atoms with E-state index in [0.717, 1.165) is 48.3 Å². The van der Waals surface area contributed by atoms with Gasteiger partial charge in [0, 0.05) is 31.7 Å². The zero-order valence-electron chi connectivity index (χ0n) is 13.1. The lowest BCUT2D eigenvalue weighted by Crippen LogP contribution is -2.45. The molecule has 0 amide bonds. The predicted octanol–water partition coefficient (Wildman–Crippen LogP) is 3.61. The number of rotatable bonds is 4. The summed E-state index contributed by atoms with van der Waals surface area (Å²) in [6.07, 6.45) is 0. The molecule has 1 aliphatic rings. The van der Waals surface area contributed by atoms with Crippen LogP contribution >= 0.6 is 24.8 Å². The largest absolute Gasteiger partial charge is 0.496 e. The van der Waals surface area contributed by atoms with Crippen LogP contribution in [0, 0.1) is 0 Å². The number of alkyl halides is 1. The minimum Gasteiger partial charge on any atom is -0.496 e. The van der Waals surface area contributed by atoms with E-state index in [1.807, 2.05) is 24.3 Å². The summed E-state index contributed by atoms with van der Waals surface area (Å²) in [5.41, 5.74) is 0.972. The number of nitrogens with one attached hydrogen (secondary N) is 1. The molecule has 1 saturated heterocycles. The molecule has 1 aliphatic heterocycles. The van der Waals surface area contributed by atoms with Gasteiger partial charge in [0.25, 0.3) is 0 Å². The van der Waals surface area contributed by atoms with E-state index in [1.165, 1.54) is 0 Å². The number of ether oxygens (including phenoxy) is 1. The summed E-state index contributed by atoms with van der Waals surface area (Å²) >= 11 is 0. The van der Waals surface area contributed by atoms with Crippen LogP contribution in [-0.2, 0) is 0 Å². The Labute approximate surface area is 149 Å². The molecular formula is C17H23Cl2FN2O. The zero-order chi connectivity index (χ0) is 14.7. The average Bonchev–Trinajstić information content (AvgIpc) is 2.56. The molecule has 1 atom stereocenters. The highest BCUT2D eigenvalue weighted by molar-refractivity contribution is 5.88. The minimum absolute atomic E-state index is 0. The maximum atomic E-state index is 13.9. The molecule has 0 aliphatic carbocycles. The van der Waals surface area contributed by atoms with E-state index in [0.29, 0.717) is 0 Å². The minimum atomic E-state index is -0.398. The SMILES string of the molecule is COc1ccc2ccccc2c1[C@H](CF)N1CCNCC1.Cl.Cl. The van der Waals surface area contributed by atoms with Gasteiger partial charge < -0.3 is 10.1 Å². The summed E-state index contributed by atoms with van der Waals surface area (Å²) in [6, 6.07) is 11.9. The molecule has 23 heavy (non-hydrogen) atoms. The number of methoxy groups -OCH3 is 1. The number of halogens is 3. The van der Waals surface area contributed by atoms with Crippen molar-refractivity contribution in [1.82, 2.24) is 10.2 Å². The maximum Gasteiger partial charge on any atom is 0.124 e. The Bertz CT molecular complexity index is 621. The van der Waals surface area contributed by atoms with Gasteiger partial charge in [0.1, 0.15) is 12.4 Å². The Hall–Kier alpha value is -1.07. The van der Waals surface area contributed by atoms with Gasteiger partial charge in [0.2, 0.25) is 0 Å². The predicted molar refractivity (Wildman–Crippen MR) is 98.2 cm³/mol. The van der Waals surface area contributed by atoms with Crippen LogP contribution in [0.3, 0.4) is 0 Å². The maximum absolute atomic E-state index is 13.9. The smallest absolute Gasteiger partial charge is 0.124 e. The van der Waals surface area contributed by atoms with Crippen LogP contribution in [-0.4, -0.2) is 44.9 Å². The molecule has 3 nitrogen and oxygen atoms in total. The van der Waals surface area contributed by atoms with E-state index in [4.69, 9.17) is 4.74 Å². The first kappa shape index (κ1) is 20.0. The van der Waals surface area contributed by atoms with Gasteiger partial charge in [-0.05, 0) is 16.8 Å². The number of hydrogen-bond acceptors (Lipinski definition) is 3. The quantitative estimate of drug-likeness (QED) is 0.901. The second-order valence-corrected chi connectivity index (χ2v) is 5.36. The lowest BCUT2D eigenvalue weighted by atomic mass is 9.96. The van der Waals surface area contributed by atoms with E-state index >= 15 is 0 Å². The van der Waals surface area contributed by atoms with Crippen molar-refractivity contribution in [2.75, 3.05) is 40.0 Å². The van der Waals surface area contributed by atoms with Crippen molar-refractivity contribution in [2.24, 2.45) is 0 Å². The summed E-state index contributed by atoms with van der Waals surface area (Å²) in [7, 11) is 1.65. The van der Waals surface area contributed by atoms with Crippen molar-refractivity contribution in [2.45, 2.75) is 6.04 Å². The molecule has 0 radical (unpaired) electrons. The van der Waals surface area contributed by atoms with Crippen molar-refractivity contribution in [3.8, 4) is 5.75 Å². The molecule has 1 heterocycles. The Balaban J connectivity index is 0.00000132. The molecule has 0 aromatic heterocycles. The van der Waals surface area contributed by atoms with Gasteiger partial charge in [0.05, 0.1) is 13.2 Å². The Morgan fingerprint density at radius 2 is 1.83 bits per heavy atom. The second-order valence-electron chi connectivity index (χ2n) is 5.36. The van der Waals surface area contributed by atoms with Gasteiger partial charge in [-0.3, -0.25) is 4.90 Å². The fourth-order valence-corrected chi connectivity index (χ4v) is 3.15. The monoisotopic (exact) mass is 360 g/mol. The summed E-state index contributed by atoms with van der Waals surface area (Å²) in [6.45, 7) is 3.14. The normalized spacial score (nSPS) is 16.3. The van der Waals surface area contributed by atoms with Crippen molar-refractivity contribution < 1.29 is 9.13 Å². The van der Waals surface area contributed by atoms with Crippen LogP contribution in [0.2, 0.25) is 0 Å². The topological polar surface area (TPSA) is 24.5 Å². The van der Waals surface area contributed by atoms with Gasteiger partial charge in [-0.2, -0.15) is 0 Å². The summed E-state index contributed by atoms with van der Waals surface area (Å²) in [5.74, 6) is 0.773. The van der Waals surface area contributed by atoms with Crippen molar-refractivity contribution >= 4 is 35.6 Å². The number of fused-ring (bicyclic) bond motifs is 1. The summed E-state index contributed by atoms with van der Waals surface area (Å²) < 4.78 is 19.4. The molecule has 0 unspecified atom stereocenters. The average molecular weight is 361 g/mol. The molecule has 1 fully saturated rings. The lowest BCUT2D eigenvalue weighted by Gasteiger charge is -2.34. The second kappa shape index (κ2) is 9.28. The molecule has 0 saturated carbocycles. The number of benzene rings is 2. The first-order valence-corrected chi connectivity index (χ1v) is 7.41. The van der Waals surface area contributed by atoms with Gasteiger partial charge in [-0.15, -0.1) is 24.8 Å². The van der Waals surface area contributed by atoms with E-state index in [2.05, 4.69) is 22.3 Å². The van der Waals surface area contributed by atoms with Crippen LogP contribution in [0.4, 0.5) is 4.39 Å². The Kier molecular flexibility index (Phi) is 8.06. The fourth-order valence-electron chi connectivity index (χ4n) is 3.15. The fraction of sp³-hybridized carbons (Fsp3) is 0.412. The number of nitrogens with zero attached hydrogens (tertiary/aromatic N) is 1. The lowest BCUT2D eigenvalue weighted by molar-refractivity contribution is 0.146. The molecular weight excluding hydrogens is 338 g/mol. The molecule has 128 valence electrons. The van der Waals surface area contributed by atoms with Gasteiger partial charge in [-0.1, -0.05) is 30.3 Å². The highest BCUT2D eigenvalue weighted by Crippen LogP contribution is 2.36. The molecule has 6 heteroatoms. The molecule has 0 bridgehead atoms. The van der Waals surface area contributed by atoms with Crippen LogP contribution < -0.4 is 10.1 Å². The third kappa shape index (κ3) is 4.07. The van der Waals surface area contributed by atoms with Gasteiger partial charge >= 0.3 is 0 Å². The van der Waals surface area contributed by atoms with E-state index < -0.39 is 6.67 Å². The molecule has 2 aromatic rings. The summed E-state index contributed by atoms with van der Waals surface area (Å²) in [4.78, 5) is 2.21.